The van der Waals surface area contributed by atoms with E-state index < -0.39 is 29.3 Å². The Morgan fingerprint density at radius 1 is 1.50 bits per heavy atom. The van der Waals surface area contributed by atoms with Crippen LogP contribution in [0.4, 0.5) is 4.39 Å². The number of hydrogen-bond acceptors (Lipinski definition) is 3. The second kappa shape index (κ2) is 4.53. The fraction of sp³-hybridized carbons (Fsp3) is 0.167. The van der Waals surface area contributed by atoms with Gasteiger partial charge in [0, 0.05) is 10.0 Å². The summed E-state index contributed by atoms with van der Waals surface area (Å²) in [6.45, 7) is 1.22. The van der Waals surface area contributed by atoms with Gasteiger partial charge < -0.3 is 10.4 Å². The first-order valence-corrected chi connectivity index (χ1v) is 5.91. The average molecular weight is 314 g/mol. The van der Waals surface area contributed by atoms with Crippen molar-refractivity contribution in [3.05, 3.63) is 45.4 Å². The molecule has 2 rings (SSSR count). The second-order valence-corrected chi connectivity index (χ2v) is 4.81. The molecule has 0 spiro atoms. The molecule has 0 aliphatic carbocycles. The molecule has 0 aromatic heterocycles. The summed E-state index contributed by atoms with van der Waals surface area (Å²) in [5, 5.41) is 11.9. The molecule has 0 bridgehead atoms. The summed E-state index contributed by atoms with van der Waals surface area (Å²) in [5.74, 6) is -2.45. The first-order valence-electron chi connectivity index (χ1n) is 5.11. The van der Waals surface area contributed by atoms with Crippen LogP contribution in [0, 0.1) is 5.82 Å². The van der Waals surface area contributed by atoms with Crippen molar-refractivity contribution in [2.24, 2.45) is 0 Å². The van der Waals surface area contributed by atoms with E-state index in [2.05, 4.69) is 21.2 Å². The molecular weight excluding hydrogens is 305 g/mol. The molecule has 1 aliphatic rings. The van der Waals surface area contributed by atoms with E-state index >= 15 is 0 Å². The topological polar surface area (TPSA) is 66.4 Å². The quantitative estimate of drug-likeness (QED) is 0.879. The molecule has 1 aromatic carbocycles. The largest absolute Gasteiger partial charge is 0.503 e. The summed E-state index contributed by atoms with van der Waals surface area (Å²) >= 11 is 3.12. The Hall–Kier alpha value is -1.69. The molecule has 4 nitrogen and oxygen atoms in total. The van der Waals surface area contributed by atoms with Crippen LogP contribution < -0.4 is 5.32 Å². The van der Waals surface area contributed by atoms with E-state index in [1.807, 2.05) is 0 Å². The maximum absolute atomic E-state index is 13.8. The minimum Gasteiger partial charge on any atom is -0.503 e. The fourth-order valence-corrected chi connectivity index (χ4v) is 2.20. The van der Waals surface area contributed by atoms with Gasteiger partial charge in [0.05, 0.1) is 11.6 Å². The van der Waals surface area contributed by atoms with Crippen LogP contribution in [0.15, 0.2) is 34.0 Å². The summed E-state index contributed by atoms with van der Waals surface area (Å²) in [5.41, 5.74) is 0.0297. The molecule has 0 fully saturated rings. The van der Waals surface area contributed by atoms with E-state index in [1.165, 1.54) is 19.1 Å². The summed E-state index contributed by atoms with van der Waals surface area (Å²) < 4.78 is 14.3. The number of aliphatic hydroxyl groups excluding tert-OH is 1. The Labute approximate surface area is 111 Å². The number of amides is 1. The molecule has 0 saturated carbocycles. The van der Waals surface area contributed by atoms with Crippen LogP contribution in [0.5, 0.6) is 0 Å². The van der Waals surface area contributed by atoms with Gasteiger partial charge in [-0.25, -0.2) is 4.39 Å². The van der Waals surface area contributed by atoms with Crippen LogP contribution in [0.1, 0.15) is 18.5 Å². The summed E-state index contributed by atoms with van der Waals surface area (Å²) in [7, 11) is 0. The second-order valence-electron chi connectivity index (χ2n) is 3.89. The monoisotopic (exact) mass is 313 g/mol. The normalized spacial score (nSPS) is 19.1. The smallest absolute Gasteiger partial charge is 0.287 e. The highest BCUT2D eigenvalue weighted by atomic mass is 79.9. The molecule has 0 radical (unpaired) electrons. The van der Waals surface area contributed by atoms with Crippen LogP contribution in [-0.2, 0) is 9.59 Å². The van der Waals surface area contributed by atoms with Gasteiger partial charge >= 0.3 is 0 Å². The van der Waals surface area contributed by atoms with Gasteiger partial charge in [0.15, 0.2) is 11.5 Å². The lowest BCUT2D eigenvalue weighted by molar-refractivity contribution is -0.119. The Morgan fingerprint density at radius 2 is 2.17 bits per heavy atom. The number of ketones is 1. The number of nitrogens with one attached hydrogen (secondary N) is 1. The highest BCUT2D eigenvalue weighted by Crippen LogP contribution is 2.32. The van der Waals surface area contributed by atoms with Crippen molar-refractivity contribution in [1.29, 1.82) is 0 Å². The maximum atomic E-state index is 13.8. The Morgan fingerprint density at radius 3 is 2.72 bits per heavy atom. The standard InChI is InChI=1S/C12H9BrFNO3/c1-5(16)9-10(15-12(18)11(9)17)7-3-2-6(13)4-8(7)14/h2-4,10,17H,1H3,(H,15,18). The Balaban J connectivity index is 2.52. The first-order chi connectivity index (χ1) is 8.41. The van der Waals surface area contributed by atoms with Crippen molar-refractivity contribution in [3.63, 3.8) is 0 Å². The Kier molecular flexibility index (Phi) is 3.21. The van der Waals surface area contributed by atoms with E-state index in [-0.39, 0.29) is 11.1 Å². The van der Waals surface area contributed by atoms with Crippen LogP contribution >= 0.6 is 15.9 Å². The third kappa shape index (κ3) is 2.03. The van der Waals surface area contributed by atoms with E-state index in [0.717, 1.165) is 0 Å². The van der Waals surface area contributed by atoms with Crippen molar-refractivity contribution in [1.82, 2.24) is 5.32 Å². The molecule has 18 heavy (non-hydrogen) atoms. The fourth-order valence-electron chi connectivity index (χ4n) is 1.87. The lowest BCUT2D eigenvalue weighted by atomic mass is 9.97. The number of halogens is 2. The summed E-state index contributed by atoms with van der Waals surface area (Å²) in [4.78, 5) is 22.8. The number of carbonyl (C=O) groups is 2. The number of Topliss-reactive ketones (excluding diaryl/α,β-unsaturated/α-hetero) is 1. The first kappa shape index (κ1) is 12.8. The molecule has 1 atom stereocenters. The van der Waals surface area contributed by atoms with Crippen molar-refractivity contribution in [2.75, 3.05) is 0 Å². The molecule has 1 aliphatic heterocycles. The third-order valence-electron chi connectivity index (χ3n) is 2.69. The number of benzene rings is 1. The van der Waals surface area contributed by atoms with Gasteiger partial charge in [-0.05, 0) is 19.1 Å². The van der Waals surface area contributed by atoms with Crippen molar-refractivity contribution in [3.8, 4) is 0 Å². The number of carbonyl (C=O) groups excluding carboxylic acids is 2. The van der Waals surface area contributed by atoms with Gasteiger partial charge in [-0.2, -0.15) is 0 Å². The lowest BCUT2D eigenvalue weighted by Gasteiger charge is -2.14. The van der Waals surface area contributed by atoms with E-state index in [4.69, 9.17) is 0 Å². The van der Waals surface area contributed by atoms with E-state index in [1.54, 1.807) is 6.07 Å². The Bertz CT molecular complexity index is 583. The highest BCUT2D eigenvalue weighted by Gasteiger charge is 2.36. The number of rotatable bonds is 2. The maximum Gasteiger partial charge on any atom is 0.287 e. The molecule has 1 heterocycles. The van der Waals surface area contributed by atoms with Gasteiger partial charge in [0.1, 0.15) is 5.82 Å². The average Bonchev–Trinajstić information content (AvgIpc) is 2.55. The van der Waals surface area contributed by atoms with E-state index in [9.17, 15) is 19.1 Å². The molecule has 0 saturated heterocycles. The zero-order chi connectivity index (χ0) is 13.4. The number of hydrogen-bond donors (Lipinski definition) is 2. The van der Waals surface area contributed by atoms with Crippen LogP contribution in [-0.4, -0.2) is 16.8 Å². The predicted molar refractivity (Wildman–Crippen MR) is 65.3 cm³/mol. The van der Waals surface area contributed by atoms with Gasteiger partial charge in [0.2, 0.25) is 0 Å². The molecule has 2 N–H and O–H groups in total. The summed E-state index contributed by atoms with van der Waals surface area (Å²) in [6.07, 6.45) is 0. The van der Waals surface area contributed by atoms with Gasteiger partial charge in [-0.1, -0.05) is 22.0 Å². The molecule has 94 valence electrons. The van der Waals surface area contributed by atoms with Crippen molar-refractivity contribution in [2.45, 2.75) is 13.0 Å². The molecule has 6 heteroatoms. The van der Waals surface area contributed by atoms with Gasteiger partial charge in [-0.15, -0.1) is 0 Å². The minimum absolute atomic E-state index is 0.110. The van der Waals surface area contributed by atoms with Crippen LogP contribution in [0.3, 0.4) is 0 Å². The molecule has 1 aromatic rings. The van der Waals surface area contributed by atoms with E-state index in [0.29, 0.717) is 4.47 Å². The highest BCUT2D eigenvalue weighted by molar-refractivity contribution is 9.10. The van der Waals surface area contributed by atoms with Crippen molar-refractivity contribution >= 4 is 27.6 Å². The molecular formula is C12H9BrFNO3. The van der Waals surface area contributed by atoms with Crippen molar-refractivity contribution < 1.29 is 19.1 Å². The molecule has 1 amide bonds. The van der Waals surface area contributed by atoms with Crippen LogP contribution in [0.2, 0.25) is 0 Å². The minimum atomic E-state index is -0.942. The summed E-state index contributed by atoms with van der Waals surface area (Å²) in [6, 6.07) is 3.33. The van der Waals surface area contributed by atoms with Gasteiger partial charge in [0.25, 0.3) is 5.91 Å². The zero-order valence-electron chi connectivity index (χ0n) is 9.33. The molecule has 1 unspecified atom stereocenters. The van der Waals surface area contributed by atoms with Gasteiger partial charge in [-0.3, -0.25) is 9.59 Å². The lowest BCUT2D eigenvalue weighted by Crippen LogP contribution is -2.24. The predicted octanol–water partition coefficient (Wildman–Crippen LogP) is 2.16. The number of aliphatic hydroxyl groups is 1. The van der Waals surface area contributed by atoms with Crippen LogP contribution in [0.25, 0.3) is 0 Å². The zero-order valence-corrected chi connectivity index (χ0v) is 10.9. The third-order valence-corrected chi connectivity index (χ3v) is 3.18. The SMILES string of the molecule is CC(=O)C1=C(O)C(=O)NC1c1ccc(Br)cc1F.